The topological polar surface area (TPSA) is 63.3 Å². The van der Waals surface area contributed by atoms with Crippen LogP contribution in [0.5, 0.6) is 0 Å². The van der Waals surface area contributed by atoms with E-state index in [1.54, 1.807) is 16.8 Å². The predicted molar refractivity (Wildman–Crippen MR) is 38.9 cm³/mol. The van der Waals surface area contributed by atoms with Crippen molar-refractivity contribution in [1.29, 1.82) is 0 Å². The number of rotatable bonds is 2. The monoisotopic (exact) mass is 157 g/mol. The molecule has 0 aliphatic heterocycles. The molecule has 3 N–H and O–H groups in total. The highest BCUT2D eigenvalue weighted by molar-refractivity contribution is 7.08. The number of carboxylic acids is 1. The first-order chi connectivity index (χ1) is 4.72. The number of aliphatic carboxylic acids is 1. The van der Waals surface area contributed by atoms with Gasteiger partial charge in [-0.1, -0.05) is 0 Å². The normalized spacial score (nSPS) is 12.9. The van der Waals surface area contributed by atoms with Crippen LogP contribution in [0.4, 0.5) is 0 Å². The van der Waals surface area contributed by atoms with Crippen LogP contribution in [0.25, 0.3) is 0 Å². The Bertz CT molecular complexity index is 220. The molecule has 1 rings (SSSR count). The largest absolute Gasteiger partial charge is 0.480 e. The number of hydrogen-bond donors (Lipinski definition) is 2. The molecule has 4 heteroatoms. The van der Waals surface area contributed by atoms with Gasteiger partial charge >= 0.3 is 5.97 Å². The molecule has 0 aliphatic rings. The summed E-state index contributed by atoms with van der Waals surface area (Å²) in [5, 5.41) is 12.0. The zero-order valence-electron chi connectivity index (χ0n) is 5.15. The highest BCUT2D eigenvalue weighted by Gasteiger charge is 2.13. The lowest BCUT2D eigenvalue weighted by Crippen LogP contribution is -2.19. The van der Waals surface area contributed by atoms with Crippen LogP contribution in [0.3, 0.4) is 0 Å². The Kier molecular flexibility index (Phi) is 2.03. The van der Waals surface area contributed by atoms with Crippen LogP contribution in [-0.4, -0.2) is 11.1 Å². The molecule has 0 amide bonds. The first-order valence-electron chi connectivity index (χ1n) is 2.72. The number of nitrogens with two attached hydrogens (primary N) is 1. The number of hydrogen-bond acceptors (Lipinski definition) is 3. The van der Waals surface area contributed by atoms with Gasteiger partial charge in [0.1, 0.15) is 6.04 Å². The standard InChI is InChI=1S/C6H7NO2S/c7-5(6(8)9)4-1-2-10-3-4/h1-3,5H,7H2,(H,8,9)/t5-/m1/s1. The molecule has 0 bridgehead atoms. The van der Waals surface area contributed by atoms with Gasteiger partial charge in [-0.15, -0.1) is 0 Å². The van der Waals surface area contributed by atoms with Crippen molar-refractivity contribution in [3.8, 4) is 0 Å². The summed E-state index contributed by atoms with van der Waals surface area (Å²) in [5.41, 5.74) is 5.95. The van der Waals surface area contributed by atoms with Gasteiger partial charge in [0, 0.05) is 0 Å². The zero-order chi connectivity index (χ0) is 7.56. The molecule has 10 heavy (non-hydrogen) atoms. The minimum absolute atomic E-state index is 0.664. The van der Waals surface area contributed by atoms with E-state index >= 15 is 0 Å². The Morgan fingerprint density at radius 3 is 2.90 bits per heavy atom. The van der Waals surface area contributed by atoms with E-state index in [9.17, 15) is 4.79 Å². The Hall–Kier alpha value is -0.870. The van der Waals surface area contributed by atoms with Gasteiger partial charge < -0.3 is 10.8 Å². The number of carboxylic acid groups (broad SMARTS) is 1. The maximum Gasteiger partial charge on any atom is 0.325 e. The van der Waals surface area contributed by atoms with Gasteiger partial charge in [-0.05, 0) is 22.4 Å². The molecule has 0 saturated heterocycles. The molecule has 0 radical (unpaired) electrons. The zero-order valence-corrected chi connectivity index (χ0v) is 5.97. The van der Waals surface area contributed by atoms with Crippen LogP contribution in [0.2, 0.25) is 0 Å². The molecule has 0 fully saturated rings. The molecule has 0 aliphatic carbocycles. The van der Waals surface area contributed by atoms with E-state index in [0.717, 1.165) is 0 Å². The lowest BCUT2D eigenvalue weighted by atomic mass is 10.2. The van der Waals surface area contributed by atoms with Gasteiger partial charge in [0.2, 0.25) is 0 Å². The molecule has 0 unspecified atom stereocenters. The maximum atomic E-state index is 10.3. The third-order valence-corrected chi connectivity index (χ3v) is 1.87. The van der Waals surface area contributed by atoms with E-state index in [2.05, 4.69) is 0 Å². The fourth-order valence-corrected chi connectivity index (χ4v) is 1.29. The van der Waals surface area contributed by atoms with Crippen LogP contribution in [-0.2, 0) is 4.79 Å². The van der Waals surface area contributed by atoms with Crippen molar-refractivity contribution in [2.75, 3.05) is 0 Å². The third-order valence-electron chi connectivity index (χ3n) is 1.17. The summed E-state index contributed by atoms with van der Waals surface area (Å²) in [7, 11) is 0. The Labute approximate surface area is 62.1 Å². The van der Waals surface area contributed by atoms with Gasteiger partial charge in [-0.2, -0.15) is 11.3 Å². The molecule has 0 aromatic carbocycles. The van der Waals surface area contributed by atoms with Crippen LogP contribution in [0, 0.1) is 0 Å². The summed E-state index contributed by atoms with van der Waals surface area (Å²) >= 11 is 1.44. The van der Waals surface area contributed by atoms with E-state index in [1.165, 1.54) is 11.3 Å². The molecule has 1 aromatic heterocycles. The van der Waals surface area contributed by atoms with Crippen LogP contribution in [0.1, 0.15) is 11.6 Å². The third kappa shape index (κ3) is 1.34. The molecular formula is C6H7NO2S. The summed E-state index contributed by atoms with van der Waals surface area (Å²) in [5.74, 6) is -0.988. The molecule has 1 heterocycles. The number of thiophene rings is 1. The maximum absolute atomic E-state index is 10.3. The quantitative estimate of drug-likeness (QED) is 0.668. The lowest BCUT2D eigenvalue weighted by molar-refractivity contribution is -0.138. The molecule has 54 valence electrons. The van der Waals surface area contributed by atoms with Gasteiger partial charge in [0.05, 0.1) is 0 Å². The van der Waals surface area contributed by atoms with Crippen molar-refractivity contribution in [2.45, 2.75) is 6.04 Å². The van der Waals surface area contributed by atoms with E-state index in [-0.39, 0.29) is 0 Å². The first kappa shape index (κ1) is 7.24. The van der Waals surface area contributed by atoms with E-state index in [4.69, 9.17) is 10.8 Å². The molecule has 1 atom stereocenters. The fraction of sp³-hybridized carbons (Fsp3) is 0.167. The second-order valence-corrected chi connectivity index (χ2v) is 2.65. The Morgan fingerprint density at radius 2 is 2.50 bits per heavy atom. The van der Waals surface area contributed by atoms with E-state index in [0.29, 0.717) is 5.56 Å². The minimum Gasteiger partial charge on any atom is -0.480 e. The van der Waals surface area contributed by atoms with Crippen LogP contribution in [0.15, 0.2) is 16.8 Å². The second kappa shape index (κ2) is 2.81. The van der Waals surface area contributed by atoms with Crippen molar-refractivity contribution < 1.29 is 9.90 Å². The van der Waals surface area contributed by atoms with E-state index in [1.807, 2.05) is 0 Å². The fourth-order valence-electron chi connectivity index (χ4n) is 0.595. The second-order valence-electron chi connectivity index (χ2n) is 1.87. The highest BCUT2D eigenvalue weighted by Crippen LogP contribution is 2.13. The minimum atomic E-state index is -0.988. The SMILES string of the molecule is N[C@@H](C(=O)O)c1ccsc1. The average Bonchev–Trinajstić information content (AvgIpc) is 2.36. The lowest BCUT2D eigenvalue weighted by Gasteiger charge is -2.00. The molecular weight excluding hydrogens is 150 g/mol. The van der Waals surface area contributed by atoms with Crippen LogP contribution >= 0.6 is 11.3 Å². The summed E-state index contributed by atoms with van der Waals surface area (Å²) in [6.07, 6.45) is 0. The summed E-state index contributed by atoms with van der Waals surface area (Å²) < 4.78 is 0. The van der Waals surface area contributed by atoms with Crippen molar-refractivity contribution in [2.24, 2.45) is 5.73 Å². The van der Waals surface area contributed by atoms with Gasteiger partial charge in [0.25, 0.3) is 0 Å². The highest BCUT2D eigenvalue weighted by atomic mass is 32.1. The molecule has 0 saturated carbocycles. The number of carbonyl (C=O) groups is 1. The Balaban J connectivity index is 2.77. The molecule has 0 spiro atoms. The molecule has 1 aromatic rings. The average molecular weight is 157 g/mol. The van der Waals surface area contributed by atoms with E-state index < -0.39 is 12.0 Å². The van der Waals surface area contributed by atoms with Crippen molar-refractivity contribution in [3.05, 3.63) is 22.4 Å². The molecule has 3 nitrogen and oxygen atoms in total. The van der Waals surface area contributed by atoms with Crippen molar-refractivity contribution >= 4 is 17.3 Å². The van der Waals surface area contributed by atoms with Crippen LogP contribution < -0.4 is 5.73 Å². The predicted octanol–water partition coefficient (Wildman–Crippen LogP) is 0.833. The van der Waals surface area contributed by atoms with Crippen molar-refractivity contribution in [3.63, 3.8) is 0 Å². The van der Waals surface area contributed by atoms with Crippen molar-refractivity contribution in [1.82, 2.24) is 0 Å². The smallest absolute Gasteiger partial charge is 0.325 e. The van der Waals surface area contributed by atoms with Gasteiger partial charge in [-0.25, -0.2) is 0 Å². The summed E-state index contributed by atoms with van der Waals surface area (Å²) in [6, 6.07) is 0.843. The first-order valence-corrected chi connectivity index (χ1v) is 3.66. The summed E-state index contributed by atoms with van der Waals surface area (Å²) in [4.78, 5) is 10.3. The Morgan fingerprint density at radius 1 is 1.80 bits per heavy atom. The summed E-state index contributed by atoms with van der Waals surface area (Å²) in [6.45, 7) is 0. The van der Waals surface area contributed by atoms with Gasteiger partial charge in [0.15, 0.2) is 0 Å². The van der Waals surface area contributed by atoms with Gasteiger partial charge in [-0.3, -0.25) is 4.79 Å².